The highest BCUT2D eigenvalue weighted by Crippen LogP contribution is 2.21. The standard InChI is InChI=1S/C15H18N2O3S/c1-17(14-7-8-21(18,19)11-14)9-13-10-20-15(16-13)12-5-3-2-4-6-12/h2-6,10,14H,7-9,11H2,1H3. The Hall–Kier alpha value is -1.66. The van der Waals surface area contributed by atoms with Crippen molar-refractivity contribution in [3.8, 4) is 11.5 Å². The average Bonchev–Trinajstić information content (AvgIpc) is 3.06. The SMILES string of the molecule is CN(Cc1coc(-c2ccccc2)n1)C1CCS(=O)(=O)C1. The van der Waals surface area contributed by atoms with Gasteiger partial charge in [-0.3, -0.25) is 4.90 Å². The van der Waals surface area contributed by atoms with E-state index in [0.29, 0.717) is 18.9 Å². The summed E-state index contributed by atoms with van der Waals surface area (Å²) in [4.78, 5) is 6.51. The molecule has 112 valence electrons. The third-order valence-electron chi connectivity index (χ3n) is 3.82. The van der Waals surface area contributed by atoms with Gasteiger partial charge in [-0.15, -0.1) is 0 Å². The van der Waals surface area contributed by atoms with Gasteiger partial charge in [0.15, 0.2) is 9.84 Å². The van der Waals surface area contributed by atoms with Gasteiger partial charge in [0.25, 0.3) is 0 Å². The van der Waals surface area contributed by atoms with Gasteiger partial charge >= 0.3 is 0 Å². The van der Waals surface area contributed by atoms with Crippen LogP contribution in [0.1, 0.15) is 12.1 Å². The minimum absolute atomic E-state index is 0.0758. The third kappa shape index (κ3) is 3.33. The summed E-state index contributed by atoms with van der Waals surface area (Å²) >= 11 is 0. The molecule has 1 aliphatic heterocycles. The Morgan fingerprint density at radius 2 is 2.10 bits per heavy atom. The fourth-order valence-corrected chi connectivity index (χ4v) is 4.41. The van der Waals surface area contributed by atoms with Gasteiger partial charge in [0.1, 0.15) is 6.26 Å². The highest BCUT2D eigenvalue weighted by Gasteiger charge is 2.30. The lowest BCUT2D eigenvalue weighted by atomic mass is 10.2. The van der Waals surface area contributed by atoms with Crippen LogP contribution in [-0.2, 0) is 16.4 Å². The summed E-state index contributed by atoms with van der Waals surface area (Å²) in [5.41, 5.74) is 1.76. The van der Waals surface area contributed by atoms with Gasteiger partial charge in [-0.05, 0) is 25.6 Å². The lowest BCUT2D eigenvalue weighted by Gasteiger charge is -2.21. The van der Waals surface area contributed by atoms with Crippen LogP contribution >= 0.6 is 0 Å². The second-order valence-corrected chi connectivity index (χ2v) is 7.71. The topological polar surface area (TPSA) is 63.4 Å². The van der Waals surface area contributed by atoms with Crippen molar-refractivity contribution in [2.75, 3.05) is 18.6 Å². The van der Waals surface area contributed by atoms with E-state index in [2.05, 4.69) is 4.98 Å². The van der Waals surface area contributed by atoms with Gasteiger partial charge in [-0.1, -0.05) is 18.2 Å². The summed E-state index contributed by atoms with van der Waals surface area (Å²) in [5, 5.41) is 0. The summed E-state index contributed by atoms with van der Waals surface area (Å²) in [5.74, 6) is 1.13. The zero-order valence-electron chi connectivity index (χ0n) is 11.9. The van der Waals surface area contributed by atoms with Crippen LogP contribution in [0.5, 0.6) is 0 Å². The molecule has 3 rings (SSSR count). The number of oxazole rings is 1. The van der Waals surface area contributed by atoms with Gasteiger partial charge in [0, 0.05) is 18.2 Å². The number of benzene rings is 1. The molecular weight excluding hydrogens is 288 g/mol. The van der Waals surface area contributed by atoms with Crippen LogP contribution in [0, 0.1) is 0 Å². The number of aromatic nitrogens is 1. The maximum Gasteiger partial charge on any atom is 0.226 e. The molecule has 1 atom stereocenters. The molecule has 1 unspecified atom stereocenters. The fourth-order valence-electron chi connectivity index (χ4n) is 2.60. The monoisotopic (exact) mass is 306 g/mol. The van der Waals surface area contributed by atoms with Crippen LogP contribution in [-0.4, -0.2) is 42.9 Å². The molecule has 0 amide bonds. The molecule has 0 saturated carbocycles. The molecule has 2 aromatic rings. The van der Waals surface area contributed by atoms with Crippen LogP contribution in [0.3, 0.4) is 0 Å². The summed E-state index contributed by atoms with van der Waals surface area (Å²) in [6.45, 7) is 0.594. The minimum atomic E-state index is -2.86. The maximum absolute atomic E-state index is 11.5. The van der Waals surface area contributed by atoms with Crippen molar-refractivity contribution in [2.24, 2.45) is 0 Å². The average molecular weight is 306 g/mol. The van der Waals surface area contributed by atoms with Crippen molar-refractivity contribution in [1.82, 2.24) is 9.88 Å². The Morgan fingerprint density at radius 3 is 2.76 bits per heavy atom. The van der Waals surface area contributed by atoms with Crippen LogP contribution < -0.4 is 0 Å². The van der Waals surface area contributed by atoms with E-state index < -0.39 is 9.84 Å². The first-order valence-corrected chi connectivity index (χ1v) is 8.76. The van der Waals surface area contributed by atoms with Gasteiger partial charge in [-0.2, -0.15) is 0 Å². The lowest BCUT2D eigenvalue weighted by Crippen LogP contribution is -2.32. The van der Waals surface area contributed by atoms with E-state index >= 15 is 0 Å². The van der Waals surface area contributed by atoms with E-state index in [4.69, 9.17) is 4.42 Å². The van der Waals surface area contributed by atoms with E-state index in [1.54, 1.807) is 6.26 Å². The number of hydrogen-bond acceptors (Lipinski definition) is 5. The van der Waals surface area contributed by atoms with E-state index in [0.717, 1.165) is 11.3 Å². The van der Waals surface area contributed by atoms with E-state index in [1.165, 1.54) is 0 Å². The Balaban J connectivity index is 1.68. The van der Waals surface area contributed by atoms with Gasteiger partial charge in [0.05, 0.1) is 17.2 Å². The second kappa shape index (κ2) is 5.61. The van der Waals surface area contributed by atoms with Crippen molar-refractivity contribution in [2.45, 2.75) is 19.0 Å². The van der Waals surface area contributed by atoms with Crippen molar-refractivity contribution in [3.05, 3.63) is 42.3 Å². The number of sulfone groups is 1. The van der Waals surface area contributed by atoms with Crippen LogP contribution in [0.25, 0.3) is 11.5 Å². The van der Waals surface area contributed by atoms with Gasteiger partial charge < -0.3 is 4.42 Å². The molecule has 0 spiro atoms. The number of rotatable bonds is 4. The first kappa shape index (κ1) is 14.3. The number of hydrogen-bond donors (Lipinski definition) is 0. The molecule has 6 heteroatoms. The summed E-state index contributed by atoms with van der Waals surface area (Å²) < 4.78 is 28.6. The number of nitrogens with zero attached hydrogens (tertiary/aromatic N) is 2. The maximum atomic E-state index is 11.5. The van der Waals surface area contributed by atoms with E-state index in [1.807, 2.05) is 42.3 Å². The summed E-state index contributed by atoms with van der Waals surface area (Å²) in [7, 11) is -0.923. The molecule has 1 aromatic heterocycles. The molecule has 0 aliphatic carbocycles. The molecule has 1 aromatic carbocycles. The summed E-state index contributed by atoms with van der Waals surface area (Å²) in [6.07, 6.45) is 2.34. The third-order valence-corrected chi connectivity index (χ3v) is 5.57. The molecule has 1 saturated heterocycles. The zero-order chi connectivity index (χ0) is 14.9. The highest BCUT2D eigenvalue weighted by molar-refractivity contribution is 7.91. The molecule has 0 bridgehead atoms. The van der Waals surface area contributed by atoms with Crippen LogP contribution in [0.15, 0.2) is 41.0 Å². The molecular formula is C15H18N2O3S. The zero-order valence-corrected chi connectivity index (χ0v) is 12.7. The molecule has 0 radical (unpaired) electrons. The van der Waals surface area contributed by atoms with E-state index in [-0.39, 0.29) is 17.5 Å². The Kier molecular flexibility index (Phi) is 3.82. The van der Waals surface area contributed by atoms with Gasteiger partial charge in [0.2, 0.25) is 5.89 Å². The van der Waals surface area contributed by atoms with Gasteiger partial charge in [-0.25, -0.2) is 13.4 Å². The fraction of sp³-hybridized carbons (Fsp3) is 0.400. The Bertz CT molecular complexity index is 710. The molecule has 0 N–H and O–H groups in total. The molecule has 2 heterocycles. The summed E-state index contributed by atoms with van der Waals surface area (Å²) in [6, 6.07) is 9.79. The first-order chi connectivity index (χ1) is 10.0. The molecule has 5 nitrogen and oxygen atoms in total. The quantitative estimate of drug-likeness (QED) is 0.864. The minimum Gasteiger partial charge on any atom is -0.444 e. The normalized spacial score (nSPS) is 21.0. The van der Waals surface area contributed by atoms with Crippen molar-refractivity contribution in [1.29, 1.82) is 0 Å². The first-order valence-electron chi connectivity index (χ1n) is 6.94. The lowest BCUT2D eigenvalue weighted by molar-refractivity contribution is 0.251. The van der Waals surface area contributed by atoms with Crippen LogP contribution in [0.4, 0.5) is 0 Å². The van der Waals surface area contributed by atoms with Crippen LogP contribution in [0.2, 0.25) is 0 Å². The molecule has 1 fully saturated rings. The Morgan fingerprint density at radius 1 is 1.33 bits per heavy atom. The van der Waals surface area contributed by atoms with Crippen molar-refractivity contribution in [3.63, 3.8) is 0 Å². The predicted octanol–water partition coefficient (Wildman–Crippen LogP) is 1.96. The smallest absolute Gasteiger partial charge is 0.226 e. The second-order valence-electron chi connectivity index (χ2n) is 5.48. The highest BCUT2D eigenvalue weighted by atomic mass is 32.2. The Labute approximate surface area is 124 Å². The van der Waals surface area contributed by atoms with E-state index in [9.17, 15) is 8.42 Å². The van der Waals surface area contributed by atoms with Crippen molar-refractivity contribution >= 4 is 9.84 Å². The largest absolute Gasteiger partial charge is 0.444 e. The van der Waals surface area contributed by atoms with Crippen molar-refractivity contribution < 1.29 is 12.8 Å². The predicted molar refractivity (Wildman–Crippen MR) is 80.5 cm³/mol. The molecule has 1 aliphatic rings. The molecule has 21 heavy (non-hydrogen) atoms.